The molecular weight excluding hydrogens is 1060 g/mol. The van der Waals surface area contributed by atoms with Crippen LogP contribution in [0.25, 0.3) is 0 Å². The van der Waals surface area contributed by atoms with E-state index in [2.05, 4.69) is 31.3 Å². The molecule has 3 aliphatic heterocycles. The fourth-order valence-electron chi connectivity index (χ4n) is 11.1. The fraction of sp³-hybridized carbons (Fsp3) is 0.921. The maximum atomic E-state index is 13.0. The Kier molecular flexibility index (Phi) is 42.2. The minimum absolute atomic E-state index is 0.228. The molecule has 19 heteroatoms. The Morgan fingerprint density at radius 2 is 0.780 bits per heavy atom. The number of hydrogen-bond acceptors (Lipinski definition) is 18. The molecule has 0 aromatic rings. The lowest BCUT2D eigenvalue weighted by molar-refractivity contribution is -0.379. The molecule has 12 N–H and O–H groups in total. The van der Waals surface area contributed by atoms with E-state index in [9.17, 15) is 61.0 Å². The Morgan fingerprint density at radius 3 is 1.22 bits per heavy atom. The summed E-state index contributed by atoms with van der Waals surface area (Å²) in [5.41, 5.74) is 0. The summed E-state index contributed by atoms with van der Waals surface area (Å²) in [6, 6.07) is -0.982. The van der Waals surface area contributed by atoms with Gasteiger partial charge in [0.25, 0.3) is 0 Å². The van der Waals surface area contributed by atoms with Crippen LogP contribution in [0, 0.1) is 0 Å². The van der Waals surface area contributed by atoms with E-state index < -0.39 is 124 Å². The normalized spacial score (nSPS) is 29.7. The van der Waals surface area contributed by atoms with Gasteiger partial charge in [-0.2, -0.15) is 0 Å². The van der Waals surface area contributed by atoms with Crippen molar-refractivity contribution in [3.05, 3.63) is 24.3 Å². The van der Waals surface area contributed by atoms with Gasteiger partial charge in [-0.15, -0.1) is 0 Å². The second-order valence-electron chi connectivity index (χ2n) is 23.6. The highest BCUT2D eigenvalue weighted by Crippen LogP contribution is 2.33. The zero-order valence-electron chi connectivity index (χ0n) is 50.5. The third kappa shape index (κ3) is 29.3. The second-order valence-corrected chi connectivity index (χ2v) is 23.6. The molecule has 1 amide bonds. The van der Waals surface area contributed by atoms with Crippen LogP contribution in [0.4, 0.5) is 0 Å². The average molecular weight is 1180 g/mol. The highest BCUT2D eigenvalue weighted by atomic mass is 16.8. The van der Waals surface area contributed by atoms with Crippen molar-refractivity contribution < 1.29 is 89.4 Å². The molecule has 3 rings (SSSR count). The number of carbonyl (C=O) groups excluding carboxylic acids is 1. The van der Waals surface area contributed by atoms with Gasteiger partial charge in [-0.25, -0.2) is 0 Å². The predicted molar refractivity (Wildman–Crippen MR) is 314 cm³/mol. The minimum atomic E-state index is -1.98. The Labute approximate surface area is 492 Å². The molecule has 3 aliphatic rings. The highest BCUT2D eigenvalue weighted by Gasteiger charge is 2.53. The first-order valence-corrected chi connectivity index (χ1v) is 32.6. The van der Waals surface area contributed by atoms with Gasteiger partial charge in [0.15, 0.2) is 18.9 Å². The minimum Gasteiger partial charge on any atom is -0.394 e. The molecule has 0 radical (unpaired) electrons. The standard InChI is InChI=1S/C63H117NO18/c1-3-5-7-9-10-11-12-13-14-15-16-17-18-19-20-21-22-23-24-25-26-27-28-29-30-31-32-33-34-35-36-37-38-40-47(68)46(64-51(69)41-39-8-6-4-2)45-77-61-57(75)54(72)59(49(43-66)79-61)82-63-58(76)55(73)60(50(44-67)80-63)81-62-56(74)53(71)52(70)48(42-65)78-62/h34-35,38,40,46-50,52-63,65-68,70-76H,3-33,36-37,39,41-45H2,1-2H3,(H,64,69)/b35-34+,40-38+. The summed E-state index contributed by atoms with van der Waals surface area (Å²) in [4.78, 5) is 13.0. The molecule has 0 aliphatic carbocycles. The predicted octanol–water partition coefficient (Wildman–Crippen LogP) is 7.10. The van der Waals surface area contributed by atoms with Crippen LogP contribution in [0.1, 0.15) is 239 Å². The molecule has 17 atom stereocenters. The van der Waals surface area contributed by atoms with E-state index in [1.54, 1.807) is 6.08 Å². The molecule has 82 heavy (non-hydrogen) atoms. The maximum Gasteiger partial charge on any atom is 0.220 e. The van der Waals surface area contributed by atoms with Gasteiger partial charge in [0.05, 0.1) is 38.6 Å². The molecule has 3 fully saturated rings. The van der Waals surface area contributed by atoms with Crippen molar-refractivity contribution in [2.75, 3.05) is 26.4 Å². The van der Waals surface area contributed by atoms with Gasteiger partial charge in [0.1, 0.15) is 73.2 Å². The molecule has 482 valence electrons. The fourth-order valence-corrected chi connectivity index (χ4v) is 11.1. The van der Waals surface area contributed by atoms with E-state index in [-0.39, 0.29) is 18.9 Å². The van der Waals surface area contributed by atoms with E-state index in [0.29, 0.717) is 12.8 Å². The molecule has 0 bridgehead atoms. The van der Waals surface area contributed by atoms with Crippen LogP contribution in [-0.4, -0.2) is 193 Å². The summed E-state index contributed by atoms with van der Waals surface area (Å²) in [5.74, 6) is -0.302. The smallest absolute Gasteiger partial charge is 0.220 e. The number of unbranched alkanes of at least 4 members (excludes halogenated alkanes) is 31. The highest BCUT2D eigenvalue weighted by molar-refractivity contribution is 5.76. The zero-order valence-corrected chi connectivity index (χ0v) is 50.5. The summed E-state index contributed by atoms with van der Waals surface area (Å²) >= 11 is 0. The van der Waals surface area contributed by atoms with Gasteiger partial charge in [-0.3, -0.25) is 4.79 Å². The van der Waals surface area contributed by atoms with Crippen molar-refractivity contribution in [1.29, 1.82) is 0 Å². The van der Waals surface area contributed by atoms with E-state index in [0.717, 1.165) is 38.5 Å². The van der Waals surface area contributed by atoms with Crippen LogP contribution in [0.5, 0.6) is 0 Å². The molecule has 3 saturated heterocycles. The van der Waals surface area contributed by atoms with E-state index >= 15 is 0 Å². The van der Waals surface area contributed by atoms with Crippen LogP contribution >= 0.6 is 0 Å². The number of aliphatic hydroxyl groups excluding tert-OH is 11. The molecule has 17 unspecified atom stereocenters. The van der Waals surface area contributed by atoms with E-state index in [4.69, 9.17) is 28.4 Å². The first-order chi connectivity index (χ1) is 39.8. The number of rotatable bonds is 49. The van der Waals surface area contributed by atoms with Gasteiger partial charge in [0.2, 0.25) is 5.91 Å². The largest absolute Gasteiger partial charge is 0.394 e. The van der Waals surface area contributed by atoms with Gasteiger partial charge < -0.3 is 89.9 Å². The zero-order chi connectivity index (χ0) is 59.7. The molecular formula is C63H117NO18. The lowest BCUT2D eigenvalue weighted by Gasteiger charge is -2.48. The lowest BCUT2D eigenvalue weighted by atomic mass is 9.96. The van der Waals surface area contributed by atoms with E-state index in [1.807, 2.05) is 6.08 Å². The molecule has 0 spiro atoms. The Bertz CT molecular complexity index is 1590. The second kappa shape index (κ2) is 46.4. The van der Waals surface area contributed by atoms with Crippen molar-refractivity contribution in [2.24, 2.45) is 0 Å². The molecule has 0 aromatic heterocycles. The number of hydrogen-bond donors (Lipinski definition) is 12. The monoisotopic (exact) mass is 1180 g/mol. The van der Waals surface area contributed by atoms with Crippen molar-refractivity contribution in [3.8, 4) is 0 Å². The Morgan fingerprint density at radius 1 is 0.427 bits per heavy atom. The molecule has 0 saturated carbocycles. The van der Waals surface area contributed by atoms with E-state index in [1.165, 1.54) is 167 Å². The van der Waals surface area contributed by atoms with Crippen molar-refractivity contribution in [2.45, 2.75) is 343 Å². The number of nitrogens with one attached hydrogen (secondary N) is 1. The van der Waals surface area contributed by atoms with Crippen LogP contribution in [0.15, 0.2) is 24.3 Å². The van der Waals surface area contributed by atoms with Crippen molar-refractivity contribution >= 4 is 5.91 Å². The van der Waals surface area contributed by atoms with Crippen molar-refractivity contribution in [1.82, 2.24) is 5.32 Å². The number of allylic oxidation sites excluding steroid dienone is 3. The first kappa shape index (κ1) is 74.5. The average Bonchev–Trinajstić information content (AvgIpc) is 3.67. The van der Waals surface area contributed by atoms with Crippen molar-refractivity contribution in [3.63, 3.8) is 0 Å². The molecule has 19 nitrogen and oxygen atoms in total. The summed E-state index contributed by atoms with van der Waals surface area (Å²) < 4.78 is 34.1. The quantitative estimate of drug-likeness (QED) is 0.0213. The lowest BCUT2D eigenvalue weighted by Crippen LogP contribution is -2.66. The Hall–Kier alpha value is -1.73. The van der Waals surface area contributed by atoms with Gasteiger partial charge >= 0.3 is 0 Å². The number of carbonyl (C=O) groups is 1. The summed E-state index contributed by atoms with van der Waals surface area (Å²) in [6.45, 7) is 1.57. The molecule has 3 heterocycles. The van der Waals surface area contributed by atoms with Gasteiger partial charge in [-0.1, -0.05) is 224 Å². The topological polar surface area (TPSA) is 307 Å². The van der Waals surface area contributed by atoms with Crippen LogP contribution in [-0.2, 0) is 33.2 Å². The number of amides is 1. The summed E-state index contributed by atoms with van der Waals surface area (Å²) in [7, 11) is 0. The third-order valence-electron chi connectivity index (χ3n) is 16.5. The number of ether oxygens (including phenoxy) is 6. The summed E-state index contributed by atoms with van der Waals surface area (Å²) in [6.07, 6.45) is 24.5. The maximum absolute atomic E-state index is 13.0. The van der Waals surface area contributed by atoms with Gasteiger partial charge in [-0.05, 0) is 32.1 Å². The third-order valence-corrected chi connectivity index (χ3v) is 16.5. The first-order valence-electron chi connectivity index (χ1n) is 32.6. The van der Waals surface area contributed by atoms with Crippen LogP contribution < -0.4 is 5.32 Å². The molecule has 0 aromatic carbocycles. The SMILES string of the molecule is CCCCCCCCCCCCCCCCCCCCCCCCCCCCC/C=C/CC/C=C/C(O)C(COC1OC(CO)C(OC2OC(CO)C(OC3OC(CO)C(O)C(O)C3O)C(O)C2O)C(O)C1O)NC(=O)CCCCCC. The van der Waals surface area contributed by atoms with Crippen LogP contribution in [0.3, 0.4) is 0 Å². The van der Waals surface area contributed by atoms with Crippen LogP contribution in [0.2, 0.25) is 0 Å². The number of aliphatic hydroxyl groups is 11. The Balaban J connectivity index is 1.30. The van der Waals surface area contributed by atoms with Gasteiger partial charge in [0, 0.05) is 6.42 Å². The summed E-state index contributed by atoms with van der Waals surface area (Å²) in [5, 5.41) is 119.